The van der Waals surface area contributed by atoms with Gasteiger partial charge < -0.3 is 5.11 Å². The molecular weight excluding hydrogens is 310 g/mol. The van der Waals surface area contributed by atoms with Crippen LogP contribution in [0.25, 0.3) is 5.69 Å². The Morgan fingerprint density at radius 3 is 2.63 bits per heavy atom. The Hall–Kier alpha value is -1.69. The second-order valence-electron chi connectivity index (χ2n) is 4.07. The molecule has 1 heterocycles. The summed E-state index contributed by atoms with van der Waals surface area (Å²) < 4.78 is 1.82. The van der Waals surface area contributed by atoms with E-state index >= 15 is 0 Å². The zero-order valence-corrected chi connectivity index (χ0v) is 12.1. The van der Waals surface area contributed by atoms with Crippen LogP contribution in [-0.2, 0) is 11.8 Å². The number of carboxylic acid groups (broad SMARTS) is 1. The monoisotopic (exact) mass is 323 g/mol. The van der Waals surface area contributed by atoms with Gasteiger partial charge in [0.2, 0.25) is 0 Å². The molecule has 0 unspecified atom stereocenters. The third-order valence-corrected chi connectivity index (χ3v) is 3.27. The van der Waals surface area contributed by atoms with E-state index in [1.807, 2.05) is 10.6 Å². The molecule has 0 radical (unpaired) electrons. The minimum atomic E-state index is -0.952. The maximum Gasteiger partial charge on any atom is 0.337 e. The number of aromatic nitrogens is 3. The summed E-state index contributed by atoms with van der Waals surface area (Å²) >= 11 is 3.36. The molecule has 5 nitrogen and oxygen atoms in total. The van der Waals surface area contributed by atoms with Crippen molar-refractivity contribution >= 4 is 21.9 Å². The van der Waals surface area contributed by atoms with Crippen LogP contribution in [0.2, 0.25) is 0 Å². The predicted octanol–water partition coefficient (Wildman–Crippen LogP) is 2.81. The number of carboxylic acids is 1. The summed E-state index contributed by atoms with van der Waals surface area (Å²) in [6, 6.07) is 6.89. The third kappa shape index (κ3) is 2.68. The maximum absolute atomic E-state index is 11.3. The molecule has 0 fully saturated rings. The molecule has 0 amide bonds. The molecule has 100 valence electrons. The molecule has 0 aliphatic rings. The van der Waals surface area contributed by atoms with Crippen LogP contribution < -0.4 is 0 Å². The van der Waals surface area contributed by atoms with Crippen LogP contribution in [0.4, 0.5) is 0 Å². The van der Waals surface area contributed by atoms with Gasteiger partial charge in [-0.3, -0.25) is 4.57 Å². The fourth-order valence-electron chi connectivity index (χ4n) is 1.95. The molecule has 1 aromatic heterocycles. The topological polar surface area (TPSA) is 68.0 Å². The number of alkyl halides is 1. The van der Waals surface area contributed by atoms with Gasteiger partial charge in [-0.2, -0.15) is 0 Å². The van der Waals surface area contributed by atoms with Crippen molar-refractivity contribution in [3.63, 3.8) is 0 Å². The number of benzene rings is 1. The molecule has 19 heavy (non-hydrogen) atoms. The molecule has 0 saturated carbocycles. The van der Waals surface area contributed by atoms with Crippen LogP contribution in [0.5, 0.6) is 0 Å². The van der Waals surface area contributed by atoms with E-state index in [1.54, 1.807) is 18.2 Å². The summed E-state index contributed by atoms with van der Waals surface area (Å²) in [5.41, 5.74) is 0.861. The van der Waals surface area contributed by atoms with Crippen LogP contribution in [0.3, 0.4) is 0 Å². The Kier molecular flexibility index (Phi) is 4.31. The third-order valence-electron chi connectivity index (χ3n) is 2.77. The van der Waals surface area contributed by atoms with Crippen LogP contribution in [0.15, 0.2) is 24.3 Å². The van der Waals surface area contributed by atoms with Gasteiger partial charge in [-0.15, -0.1) is 10.2 Å². The van der Waals surface area contributed by atoms with Gasteiger partial charge in [0.1, 0.15) is 11.6 Å². The van der Waals surface area contributed by atoms with E-state index in [4.69, 9.17) is 0 Å². The van der Waals surface area contributed by atoms with Gasteiger partial charge >= 0.3 is 5.97 Å². The second kappa shape index (κ2) is 5.97. The molecular formula is C13H14BrN3O2. The fourth-order valence-corrected chi connectivity index (χ4v) is 2.32. The van der Waals surface area contributed by atoms with Crippen LogP contribution in [0, 0.1) is 0 Å². The standard InChI is InChI=1S/C13H14BrN3O2/c1-2-5-11-15-16-12(8-14)17(11)10-7-4-3-6-9(10)13(18)19/h3-4,6-7H,2,5,8H2,1H3,(H,18,19). The largest absolute Gasteiger partial charge is 0.478 e. The van der Waals surface area contributed by atoms with E-state index in [9.17, 15) is 9.90 Å². The summed E-state index contributed by atoms with van der Waals surface area (Å²) in [7, 11) is 0. The normalized spacial score (nSPS) is 10.6. The number of aryl methyl sites for hydroxylation is 1. The van der Waals surface area contributed by atoms with Gasteiger partial charge in [0, 0.05) is 6.42 Å². The van der Waals surface area contributed by atoms with Crippen LogP contribution in [0.1, 0.15) is 35.4 Å². The smallest absolute Gasteiger partial charge is 0.337 e. The summed E-state index contributed by atoms with van der Waals surface area (Å²) in [4.78, 5) is 11.3. The quantitative estimate of drug-likeness (QED) is 0.859. The van der Waals surface area contributed by atoms with Gasteiger partial charge in [0.05, 0.1) is 16.6 Å². The lowest BCUT2D eigenvalue weighted by atomic mass is 10.1. The highest BCUT2D eigenvalue weighted by Gasteiger charge is 2.17. The molecule has 0 bridgehead atoms. The van der Waals surface area contributed by atoms with Crippen molar-refractivity contribution in [3.8, 4) is 5.69 Å². The first-order chi connectivity index (χ1) is 9.19. The van der Waals surface area contributed by atoms with Crippen LogP contribution >= 0.6 is 15.9 Å². The molecule has 2 aromatic rings. The van der Waals surface area contributed by atoms with Crippen molar-refractivity contribution < 1.29 is 9.90 Å². The molecule has 1 N–H and O–H groups in total. The van der Waals surface area contributed by atoms with Crippen molar-refractivity contribution in [1.82, 2.24) is 14.8 Å². The van der Waals surface area contributed by atoms with Crippen molar-refractivity contribution in [2.75, 3.05) is 0 Å². The molecule has 6 heteroatoms. The SMILES string of the molecule is CCCc1nnc(CBr)n1-c1ccccc1C(=O)O. The summed E-state index contributed by atoms with van der Waals surface area (Å²) in [5, 5.41) is 18.1. The van der Waals surface area contributed by atoms with E-state index in [-0.39, 0.29) is 5.56 Å². The molecule has 0 aliphatic carbocycles. The first-order valence-electron chi connectivity index (χ1n) is 6.00. The first-order valence-corrected chi connectivity index (χ1v) is 7.13. The van der Waals surface area contributed by atoms with E-state index in [0.29, 0.717) is 16.8 Å². The zero-order chi connectivity index (χ0) is 13.8. The molecule has 2 rings (SSSR count). The summed E-state index contributed by atoms with van der Waals surface area (Å²) in [6.07, 6.45) is 1.68. The van der Waals surface area contributed by atoms with Crippen molar-refractivity contribution in [2.45, 2.75) is 25.1 Å². The molecule has 0 atom stereocenters. The number of carbonyl (C=O) groups is 1. The minimum absolute atomic E-state index is 0.252. The van der Waals surface area contributed by atoms with Gasteiger partial charge in [-0.05, 0) is 18.6 Å². The Balaban J connectivity index is 2.63. The van der Waals surface area contributed by atoms with Crippen molar-refractivity contribution in [2.24, 2.45) is 0 Å². The summed E-state index contributed by atoms with van der Waals surface area (Å²) in [6.45, 7) is 2.05. The van der Waals surface area contributed by atoms with Crippen molar-refractivity contribution in [3.05, 3.63) is 41.5 Å². The number of halogens is 1. The number of hydrogen-bond donors (Lipinski definition) is 1. The summed E-state index contributed by atoms with van der Waals surface area (Å²) in [5.74, 6) is 0.537. The number of rotatable bonds is 5. The van der Waals surface area contributed by atoms with E-state index in [1.165, 1.54) is 0 Å². The average molecular weight is 324 g/mol. The van der Waals surface area contributed by atoms with Gasteiger partial charge in [-0.25, -0.2) is 4.79 Å². The first kappa shape index (κ1) is 13.7. The Morgan fingerprint density at radius 1 is 1.32 bits per heavy atom. The van der Waals surface area contributed by atoms with Gasteiger partial charge in [0.15, 0.2) is 0 Å². The average Bonchev–Trinajstić information content (AvgIpc) is 2.82. The van der Waals surface area contributed by atoms with Crippen molar-refractivity contribution in [1.29, 1.82) is 0 Å². The molecule has 0 saturated heterocycles. The molecule has 0 aliphatic heterocycles. The lowest BCUT2D eigenvalue weighted by Crippen LogP contribution is -2.10. The fraction of sp³-hybridized carbons (Fsp3) is 0.308. The predicted molar refractivity (Wildman–Crippen MR) is 74.9 cm³/mol. The second-order valence-corrected chi connectivity index (χ2v) is 4.63. The number of nitrogens with zero attached hydrogens (tertiary/aromatic N) is 3. The van der Waals surface area contributed by atoms with Gasteiger partial charge in [-0.1, -0.05) is 35.0 Å². The van der Waals surface area contributed by atoms with Gasteiger partial charge in [0.25, 0.3) is 0 Å². The lowest BCUT2D eigenvalue weighted by molar-refractivity contribution is 0.0697. The van der Waals surface area contributed by atoms with E-state index < -0.39 is 5.97 Å². The van der Waals surface area contributed by atoms with Crippen LogP contribution in [-0.4, -0.2) is 25.8 Å². The Bertz CT molecular complexity index is 595. The Morgan fingerprint density at radius 2 is 2.00 bits per heavy atom. The minimum Gasteiger partial charge on any atom is -0.478 e. The zero-order valence-electron chi connectivity index (χ0n) is 10.5. The van der Waals surface area contributed by atoms with E-state index in [2.05, 4.69) is 33.1 Å². The number of para-hydroxylation sites is 1. The van der Waals surface area contributed by atoms with E-state index in [0.717, 1.165) is 18.7 Å². The number of hydrogen-bond acceptors (Lipinski definition) is 3. The highest BCUT2D eigenvalue weighted by Crippen LogP contribution is 2.20. The lowest BCUT2D eigenvalue weighted by Gasteiger charge is -2.11. The number of aromatic carboxylic acids is 1. The highest BCUT2D eigenvalue weighted by molar-refractivity contribution is 9.08. The highest BCUT2D eigenvalue weighted by atomic mass is 79.9. The molecule has 1 aromatic carbocycles. The molecule has 0 spiro atoms. The Labute approximate surface area is 119 Å². The maximum atomic E-state index is 11.3.